The third kappa shape index (κ3) is 4.04. The standard InChI is InChI=1S/C20H16N2O5/c1-12-11-13(8-9-15(12)21-19(24)17-7-4-10-27-17)18(23)22-16-6-3-2-5-14(16)20(25)26/h2-11H,1H3,(H,21,24)(H,22,23)(H,25,26). The summed E-state index contributed by atoms with van der Waals surface area (Å²) in [4.78, 5) is 35.7. The van der Waals surface area contributed by atoms with Crippen LogP contribution in [-0.2, 0) is 0 Å². The number of hydrogen-bond acceptors (Lipinski definition) is 4. The van der Waals surface area contributed by atoms with E-state index in [1.54, 1.807) is 49.4 Å². The number of rotatable bonds is 5. The van der Waals surface area contributed by atoms with Gasteiger partial charge in [0.25, 0.3) is 11.8 Å². The van der Waals surface area contributed by atoms with E-state index in [1.165, 1.54) is 18.4 Å². The molecule has 0 aliphatic heterocycles. The van der Waals surface area contributed by atoms with E-state index in [9.17, 15) is 19.5 Å². The Balaban J connectivity index is 1.76. The van der Waals surface area contributed by atoms with Crippen LogP contribution in [0.25, 0.3) is 0 Å². The van der Waals surface area contributed by atoms with Crippen molar-refractivity contribution in [1.29, 1.82) is 0 Å². The number of carboxylic acids is 1. The van der Waals surface area contributed by atoms with Gasteiger partial charge in [0.2, 0.25) is 0 Å². The fourth-order valence-corrected chi connectivity index (χ4v) is 2.51. The van der Waals surface area contributed by atoms with Gasteiger partial charge in [-0.1, -0.05) is 12.1 Å². The van der Waals surface area contributed by atoms with E-state index in [0.29, 0.717) is 16.8 Å². The zero-order valence-corrected chi connectivity index (χ0v) is 14.4. The molecular formula is C20H16N2O5. The first-order chi connectivity index (χ1) is 13.0. The highest BCUT2D eigenvalue weighted by Crippen LogP contribution is 2.20. The third-order valence-corrected chi connectivity index (χ3v) is 3.89. The molecule has 136 valence electrons. The summed E-state index contributed by atoms with van der Waals surface area (Å²) in [7, 11) is 0. The average molecular weight is 364 g/mol. The number of anilines is 2. The largest absolute Gasteiger partial charge is 0.478 e. The molecule has 0 fully saturated rings. The van der Waals surface area contributed by atoms with E-state index in [2.05, 4.69) is 10.6 Å². The van der Waals surface area contributed by atoms with E-state index in [-0.39, 0.29) is 17.0 Å². The van der Waals surface area contributed by atoms with Gasteiger partial charge in [-0.15, -0.1) is 0 Å². The number of carbonyl (C=O) groups excluding carboxylic acids is 2. The maximum atomic E-state index is 12.5. The van der Waals surface area contributed by atoms with Gasteiger partial charge < -0.3 is 20.2 Å². The van der Waals surface area contributed by atoms with E-state index in [0.717, 1.165) is 0 Å². The summed E-state index contributed by atoms with van der Waals surface area (Å²) in [6, 6.07) is 14.1. The Morgan fingerprint density at radius 1 is 0.889 bits per heavy atom. The number of hydrogen-bond donors (Lipinski definition) is 3. The smallest absolute Gasteiger partial charge is 0.337 e. The molecule has 0 radical (unpaired) electrons. The van der Waals surface area contributed by atoms with Crippen molar-refractivity contribution in [1.82, 2.24) is 0 Å². The molecule has 1 aromatic heterocycles. The van der Waals surface area contributed by atoms with Crippen LogP contribution in [0.5, 0.6) is 0 Å². The van der Waals surface area contributed by atoms with Crippen LogP contribution in [0.15, 0.2) is 65.3 Å². The van der Waals surface area contributed by atoms with Gasteiger partial charge in [-0.05, 0) is 55.0 Å². The molecule has 0 spiro atoms. The third-order valence-electron chi connectivity index (χ3n) is 3.89. The van der Waals surface area contributed by atoms with Crippen LogP contribution in [0.2, 0.25) is 0 Å². The van der Waals surface area contributed by atoms with Crippen molar-refractivity contribution in [3.05, 3.63) is 83.3 Å². The van der Waals surface area contributed by atoms with Crippen LogP contribution in [0.3, 0.4) is 0 Å². The Morgan fingerprint density at radius 3 is 2.30 bits per heavy atom. The first-order valence-electron chi connectivity index (χ1n) is 8.05. The van der Waals surface area contributed by atoms with Crippen molar-refractivity contribution in [3.8, 4) is 0 Å². The second kappa shape index (κ2) is 7.57. The van der Waals surface area contributed by atoms with Crippen LogP contribution in [-0.4, -0.2) is 22.9 Å². The number of nitrogens with one attached hydrogen (secondary N) is 2. The molecule has 0 unspecified atom stereocenters. The molecule has 3 rings (SSSR count). The van der Waals surface area contributed by atoms with Crippen molar-refractivity contribution in [2.24, 2.45) is 0 Å². The predicted molar refractivity (Wildman–Crippen MR) is 99.2 cm³/mol. The van der Waals surface area contributed by atoms with Crippen molar-refractivity contribution in [2.45, 2.75) is 6.92 Å². The topological polar surface area (TPSA) is 109 Å². The van der Waals surface area contributed by atoms with Gasteiger partial charge in [-0.25, -0.2) is 4.79 Å². The van der Waals surface area contributed by atoms with Crippen LogP contribution < -0.4 is 10.6 Å². The molecule has 3 N–H and O–H groups in total. The predicted octanol–water partition coefficient (Wildman–Crippen LogP) is 3.79. The average Bonchev–Trinajstić information content (AvgIpc) is 3.18. The summed E-state index contributed by atoms with van der Waals surface area (Å²) in [6.07, 6.45) is 1.41. The maximum Gasteiger partial charge on any atom is 0.337 e. The molecule has 1 heterocycles. The Bertz CT molecular complexity index is 1010. The molecule has 7 heteroatoms. The van der Waals surface area contributed by atoms with Gasteiger partial charge in [0.05, 0.1) is 17.5 Å². The molecule has 2 aromatic carbocycles. The van der Waals surface area contributed by atoms with Gasteiger partial charge in [0.15, 0.2) is 5.76 Å². The van der Waals surface area contributed by atoms with Crippen molar-refractivity contribution in [3.63, 3.8) is 0 Å². The number of furan rings is 1. The van der Waals surface area contributed by atoms with Gasteiger partial charge in [0.1, 0.15) is 0 Å². The number of aryl methyl sites for hydroxylation is 1. The Hall–Kier alpha value is -3.87. The lowest BCUT2D eigenvalue weighted by Crippen LogP contribution is -2.16. The number of para-hydroxylation sites is 1. The van der Waals surface area contributed by atoms with Gasteiger partial charge in [-0.2, -0.15) is 0 Å². The second-order valence-electron chi connectivity index (χ2n) is 5.77. The minimum Gasteiger partial charge on any atom is -0.478 e. The highest BCUT2D eigenvalue weighted by Gasteiger charge is 2.15. The van der Waals surface area contributed by atoms with Gasteiger partial charge in [-0.3, -0.25) is 9.59 Å². The molecule has 0 saturated carbocycles. The zero-order chi connectivity index (χ0) is 19.4. The second-order valence-corrected chi connectivity index (χ2v) is 5.77. The molecule has 2 amide bonds. The SMILES string of the molecule is Cc1cc(C(=O)Nc2ccccc2C(=O)O)ccc1NC(=O)c1ccco1. The lowest BCUT2D eigenvalue weighted by atomic mass is 10.1. The minimum atomic E-state index is -1.13. The van der Waals surface area contributed by atoms with E-state index < -0.39 is 17.8 Å². The van der Waals surface area contributed by atoms with Crippen LogP contribution >= 0.6 is 0 Å². The molecule has 3 aromatic rings. The molecule has 0 aliphatic carbocycles. The normalized spacial score (nSPS) is 10.3. The van der Waals surface area contributed by atoms with Crippen LogP contribution in [0.1, 0.15) is 36.8 Å². The van der Waals surface area contributed by atoms with E-state index in [4.69, 9.17) is 4.42 Å². The van der Waals surface area contributed by atoms with Crippen molar-refractivity contribution < 1.29 is 23.9 Å². The van der Waals surface area contributed by atoms with Crippen molar-refractivity contribution >= 4 is 29.2 Å². The fraction of sp³-hybridized carbons (Fsp3) is 0.0500. The Kier molecular flexibility index (Phi) is 5.03. The summed E-state index contributed by atoms with van der Waals surface area (Å²) < 4.78 is 5.04. The van der Waals surface area contributed by atoms with Gasteiger partial charge in [0, 0.05) is 11.3 Å². The maximum absolute atomic E-state index is 12.5. The number of benzene rings is 2. The molecule has 0 bridgehead atoms. The molecule has 0 saturated heterocycles. The summed E-state index contributed by atoms with van der Waals surface area (Å²) in [5.41, 5.74) is 1.77. The summed E-state index contributed by atoms with van der Waals surface area (Å²) in [6.45, 7) is 1.75. The number of carboxylic acid groups (broad SMARTS) is 1. The highest BCUT2D eigenvalue weighted by atomic mass is 16.4. The van der Waals surface area contributed by atoms with Crippen LogP contribution in [0, 0.1) is 6.92 Å². The quantitative estimate of drug-likeness (QED) is 0.638. The lowest BCUT2D eigenvalue weighted by molar-refractivity contribution is 0.0697. The van der Waals surface area contributed by atoms with E-state index >= 15 is 0 Å². The van der Waals surface area contributed by atoms with Crippen molar-refractivity contribution in [2.75, 3.05) is 10.6 Å². The monoisotopic (exact) mass is 364 g/mol. The lowest BCUT2D eigenvalue weighted by Gasteiger charge is -2.11. The highest BCUT2D eigenvalue weighted by molar-refractivity contribution is 6.08. The fourth-order valence-electron chi connectivity index (χ4n) is 2.51. The molecule has 0 atom stereocenters. The zero-order valence-electron chi connectivity index (χ0n) is 14.4. The van der Waals surface area contributed by atoms with E-state index in [1.807, 2.05) is 0 Å². The summed E-state index contributed by atoms with van der Waals surface area (Å²) in [5, 5.41) is 14.5. The van der Waals surface area contributed by atoms with Gasteiger partial charge >= 0.3 is 5.97 Å². The minimum absolute atomic E-state index is 0.00454. The molecule has 27 heavy (non-hydrogen) atoms. The van der Waals surface area contributed by atoms with Crippen LogP contribution in [0.4, 0.5) is 11.4 Å². The summed E-state index contributed by atoms with van der Waals surface area (Å²) in [5.74, 6) is -1.79. The Labute approximate surface area is 154 Å². The first-order valence-corrected chi connectivity index (χ1v) is 8.05. The molecule has 0 aliphatic rings. The first kappa shape index (κ1) is 17.9. The molecule has 7 nitrogen and oxygen atoms in total. The Morgan fingerprint density at radius 2 is 1.63 bits per heavy atom. The number of amides is 2. The number of carbonyl (C=O) groups is 3. The molecular weight excluding hydrogens is 348 g/mol. The number of aromatic carboxylic acids is 1. The summed E-state index contributed by atoms with van der Waals surface area (Å²) >= 11 is 0.